The minimum atomic E-state index is 0.373. The fourth-order valence-corrected chi connectivity index (χ4v) is 2.34. The summed E-state index contributed by atoms with van der Waals surface area (Å²) in [5, 5.41) is 6.85. The average Bonchev–Trinajstić information content (AvgIpc) is 3.17. The summed E-state index contributed by atoms with van der Waals surface area (Å²) < 4.78 is 5.44. The van der Waals surface area contributed by atoms with E-state index in [1.807, 2.05) is 14.0 Å². The van der Waals surface area contributed by atoms with Crippen molar-refractivity contribution in [3.8, 4) is 0 Å². The van der Waals surface area contributed by atoms with Crippen LogP contribution in [-0.2, 0) is 4.74 Å². The first-order valence-corrected chi connectivity index (χ1v) is 7.08. The van der Waals surface area contributed by atoms with Crippen molar-refractivity contribution < 1.29 is 4.74 Å². The topological polar surface area (TPSA) is 59.1 Å². The lowest BCUT2D eigenvalue weighted by Crippen LogP contribution is -2.19. The van der Waals surface area contributed by atoms with Gasteiger partial charge in [-0.3, -0.25) is 0 Å². The predicted octanol–water partition coefficient (Wildman–Crippen LogP) is 2.79. The largest absolute Gasteiger partial charge is 0.383 e. The number of aromatic nitrogens is 2. The molecule has 0 radical (unpaired) electrons. The molecule has 0 spiro atoms. The summed E-state index contributed by atoms with van der Waals surface area (Å²) >= 11 is 6.02. The molecule has 0 unspecified atom stereocenters. The highest BCUT2D eigenvalue weighted by Crippen LogP contribution is 2.48. The van der Waals surface area contributed by atoms with E-state index in [2.05, 4.69) is 20.6 Å². The maximum absolute atomic E-state index is 6.02. The van der Waals surface area contributed by atoms with Crippen LogP contribution in [0.5, 0.6) is 0 Å². The Bertz CT molecular complexity index is 423. The summed E-state index contributed by atoms with van der Waals surface area (Å²) in [5.41, 5.74) is 1.13. The molecule has 0 atom stereocenters. The van der Waals surface area contributed by atoms with Gasteiger partial charge in [-0.25, -0.2) is 9.97 Å². The lowest BCUT2D eigenvalue weighted by Gasteiger charge is -2.18. The van der Waals surface area contributed by atoms with Crippen LogP contribution >= 0.6 is 11.6 Å². The molecule has 19 heavy (non-hydrogen) atoms. The van der Waals surface area contributed by atoms with Crippen LogP contribution in [0.15, 0.2) is 6.33 Å². The minimum absolute atomic E-state index is 0.373. The SMILES string of the molecule is CCOCCC1(CNc2ncnc(Cl)c2NC)CC1. The van der Waals surface area contributed by atoms with Crippen LogP contribution < -0.4 is 10.6 Å². The zero-order chi connectivity index (χ0) is 13.7. The van der Waals surface area contributed by atoms with Gasteiger partial charge in [0.25, 0.3) is 0 Å². The number of halogens is 1. The summed E-state index contributed by atoms with van der Waals surface area (Å²) in [5.74, 6) is 0.769. The van der Waals surface area contributed by atoms with Gasteiger partial charge in [0.05, 0.1) is 0 Å². The van der Waals surface area contributed by atoms with Gasteiger partial charge >= 0.3 is 0 Å². The molecular formula is C13H21ClN4O. The highest BCUT2D eigenvalue weighted by Gasteiger charge is 2.41. The van der Waals surface area contributed by atoms with Gasteiger partial charge in [-0.1, -0.05) is 11.6 Å². The van der Waals surface area contributed by atoms with E-state index < -0.39 is 0 Å². The minimum Gasteiger partial charge on any atom is -0.383 e. The molecule has 1 heterocycles. The number of nitrogens with one attached hydrogen (secondary N) is 2. The molecule has 106 valence electrons. The van der Waals surface area contributed by atoms with E-state index in [1.165, 1.54) is 19.2 Å². The average molecular weight is 285 g/mol. The molecule has 0 saturated heterocycles. The standard InChI is InChI=1S/C13H21ClN4O/c1-3-19-7-6-13(4-5-13)8-16-12-10(15-2)11(14)17-9-18-12/h9,15H,3-8H2,1-2H3,(H,16,17,18). The number of hydrogen-bond donors (Lipinski definition) is 2. The molecule has 0 aliphatic heterocycles. The highest BCUT2D eigenvalue weighted by molar-refractivity contribution is 6.32. The van der Waals surface area contributed by atoms with Gasteiger partial charge in [-0.15, -0.1) is 0 Å². The maximum Gasteiger partial charge on any atom is 0.157 e. The third-order valence-corrected chi connectivity index (χ3v) is 3.91. The Labute approximate surface area is 119 Å². The van der Waals surface area contributed by atoms with Gasteiger partial charge in [0.15, 0.2) is 11.0 Å². The number of nitrogens with zero attached hydrogens (tertiary/aromatic N) is 2. The molecular weight excluding hydrogens is 264 g/mol. The molecule has 1 aromatic heterocycles. The number of rotatable bonds is 8. The second kappa shape index (κ2) is 6.39. The summed E-state index contributed by atoms with van der Waals surface area (Å²) in [7, 11) is 1.82. The highest BCUT2D eigenvalue weighted by atomic mass is 35.5. The van der Waals surface area contributed by atoms with Crippen molar-refractivity contribution in [2.75, 3.05) is 37.4 Å². The van der Waals surface area contributed by atoms with E-state index in [0.29, 0.717) is 10.6 Å². The second-order valence-corrected chi connectivity index (χ2v) is 5.30. The summed E-state index contributed by atoms with van der Waals surface area (Å²) in [6.45, 7) is 4.55. The van der Waals surface area contributed by atoms with Crippen LogP contribution in [0.3, 0.4) is 0 Å². The van der Waals surface area contributed by atoms with Crippen LogP contribution in [-0.4, -0.2) is 36.8 Å². The van der Waals surface area contributed by atoms with Crippen LogP contribution in [0.2, 0.25) is 5.15 Å². The maximum atomic E-state index is 6.02. The van der Waals surface area contributed by atoms with E-state index in [0.717, 1.165) is 37.7 Å². The van der Waals surface area contributed by atoms with Crippen LogP contribution in [0.25, 0.3) is 0 Å². The van der Waals surface area contributed by atoms with E-state index >= 15 is 0 Å². The molecule has 0 amide bonds. The van der Waals surface area contributed by atoms with Gasteiger partial charge in [0.2, 0.25) is 0 Å². The van der Waals surface area contributed by atoms with E-state index in [-0.39, 0.29) is 0 Å². The number of ether oxygens (including phenoxy) is 1. The smallest absolute Gasteiger partial charge is 0.157 e. The van der Waals surface area contributed by atoms with Crippen molar-refractivity contribution in [2.24, 2.45) is 5.41 Å². The molecule has 1 fully saturated rings. The van der Waals surface area contributed by atoms with Crippen molar-refractivity contribution in [2.45, 2.75) is 26.2 Å². The lowest BCUT2D eigenvalue weighted by molar-refractivity contribution is 0.130. The van der Waals surface area contributed by atoms with Crippen LogP contribution in [0.1, 0.15) is 26.2 Å². The quantitative estimate of drug-likeness (QED) is 0.568. The van der Waals surface area contributed by atoms with Gasteiger partial charge in [-0.05, 0) is 31.6 Å². The Kier molecular flexibility index (Phi) is 4.82. The first kappa shape index (κ1) is 14.3. The fourth-order valence-electron chi connectivity index (χ4n) is 2.12. The van der Waals surface area contributed by atoms with Crippen molar-refractivity contribution >= 4 is 23.1 Å². The summed E-state index contributed by atoms with van der Waals surface area (Å²) in [6, 6.07) is 0. The first-order valence-electron chi connectivity index (χ1n) is 6.70. The predicted molar refractivity (Wildman–Crippen MR) is 77.9 cm³/mol. The van der Waals surface area contributed by atoms with E-state index in [9.17, 15) is 0 Å². The third-order valence-electron chi connectivity index (χ3n) is 3.62. The van der Waals surface area contributed by atoms with Crippen molar-refractivity contribution in [1.29, 1.82) is 0 Å². The van der Waals surface area contributed by atoms with Gasteiger partial charge in [0, 0.05) is 26.8 Å². The van der Waals surface area contributed by atoms with Gasteiger partial charge in [-0.2, -0.15) is 0 Å². The molecule has 1 aliphatic rings. The zero-order valence-electron chi connectivity index (χ0n) is 11.5. The molecule has 1 aromatic rings. The molecule has 1 saturated carbocycles. The summed E-state index contributed by atoms with van der Waals surface area (Å²) in [6.07, 6.45) is 5.08. The fraction of sp³-hybridized carbons (Fsp3) is 0.692. The molecule has 2 N–H and O–H groups in total. The molecule has 0 aromatic carbocycles. The van der Waals surface area contributed by atoms with E-state index in [4.69, 9.17) is 16.3 Å². The molecule has 1 aliphatic carbocycles. The number of hydrogen-bond acceptors (Lipinski definition) is 5. The zero-order valence-corrected chi connectivity index (χ0v) is 12.3. The van der Waals surface area contributed by atoms with Gasteiger partial charge in [0.1, 0.15) is 12.0 Å². The van der Waals surface area contributed by atoms with Crippen molar-refractivity contribution in [3.05, 3.63) is 11.5 Å². The Morgan fingerprint density at radius 2 is 2.21 bits per heavy atom. The third kappa shape index (κ3) is 3.70. The normalized spacial score (nSPS) is 16.2. The second-order valence-electron chi connectivity index (χ2n) is 4.94. The Balaban J connectivity index is 1.90. The monoisotopic (exact) mass is 284 g/mol. The van der Waals surface area contributed by atoms with Crippen LogP contribution in [0.4, 0.5) is 11.5 Å². The Morgan fingerprint density at radius 3 is 2.84 bits per heavy atom. The van der Waals surface area contributed by atoms with Crippen molar-refractivity contribution in [1.82, 2.24) is 9.97 Å². The van der Waals surface area contributed by atoms with Crippen molar-refractivity contribution in [3.63, 3.8) is 0 Å². The van der Waals surface area contributed by atoms with Crippen LogP contribution in [0, 0.1) is 5.41 Å². The van der Waals surface area contributed by atoms with Gasteiger partial charge < -0.3 is 15.4 Å². The molecule has 0 bridgehead atoms. The lowest BCUT2D eigenvalue weighted by atomic mass is 10.0. The summed E-state index contributed by atoms with van der Waals surface area (Å²) in [4.78, 5) is 8.20. The number of anilines is 2. The Morgan fingerprint density at radius 1 is 1.42 bits per heavy atom. The molecule has 5 nitrogen and oxygen atoms in total. The Hall–Kier alpha value is -1.07. The molecule has 2 rings (SSSR count). The van der Waals surface area contributed by atoms with E-state index in [1.54, 1.807) is 0 Å². The first-order chi connectivity index (χ1) is 9.21. The molecule has 6 heteroatoms.